The first-order chi connectivity index (χ1) is 15.6. The van der Waals surface area contributed by atoms with Gasteiger partial charge >= 0.3 is 12.1 Å². The van der Waals surface area contributed by atoms with Crippen molar-refractivity contribution in [3.8, 4) is 0 Å². The van der Waals surface area contributed by atoms with Crippen molar-refractivity contribution in [2.24, 2.45) is 0 Å². The molecule has 0 aliphatic heterocycles. The van der Waals surface area contributed by atoms with Crippen molar-refractivity contribution in [2.45, 2.75) is 17.2 Å². The zero-order valence-corrected chi connectivity index (χ0v) is 19.2. The number of pyridine rings is 1. The summed E-state index contributed by atoms with van der Waals surface area (Å²) in [5, 5.41) is 20.2. The van der Waals surface area contributed by atoms with Gasteiger partial charge in [0.1, 0.15) is 0 Å². The van der Waals surface area contributed by atoms with Crippen LogP contribution in [0.5, 0.6) is 0 Å². The zero-order valence-electron chi connectivity index (χ0n) is 16.8. The maximum atomic E-state index is 12.2. The summed E-state index contributed by atoms with van der Waals surface area (Å²) in [5.74, 6) is -2.38. The second kappa shape index (κ2) is 12.4. The first-order valence-corrected chi connectivity index (χ1v) is 11.0. The normalized spacial score (nSPS) is 11.7. The molecule has 1 heterocycles. The van der Waals surface area contributed by atoms with Gasteiger partial charge in [-0.2, -0.15) is 13.2 Å². The minimum atomic E-state index is -5.08. The Bertz CT molecular complexity index is 1050. The fourth-order valence-electron chi connectivity index (χ4n) is 2.30. The van der Waals surface area contributed by atoms with E-state index in [1.165, 1.54) is 0 Å². The predicted octanol–water partition coefficient (Wildman–Crippen LogP) is 5.56. The molecule has 2 aromatic carbocycles. The molecule has 0 fully saturated rings. The summed E-state index contributed by atoms with van der Waals surface area (Å²) >= 11 is 4.94. The lowest BCUT2D eigenvalue weighted by Gasteiger charge is -2.11. The molecule has 0 aliphatic carbocycles. The number of nitrogens with zero attached hydrogens (tertiary/aromatic N) is 1. The van der Waals surface area contributed by atoms with E-state index in [4.69, 9.17) is 9.90 Å². The molecule has 1 unspecified atom stereocenters. The van der Waals surface area contributed by atoms with Crippen molar-refractivity contribution in [2.75, 3.05) is 11.1 Å². The van der Waals surface area contributed by atoms with Crippen LogP contribution in [-0.4, -0.2) is 39.0 Å². The number of anilines is 1. The van der Waals surface area contributed by atoms with Crippen LogP contribution in [0.4, 0.5) is 18.9 Å². The van der Waals surface area contributed by atoms with Gasteiger partial charge in [0.05, 0.1) is 6.10 Å². The molecule has 0 aliphatic rings. The van der Waals surface area contributed by atoms with Crippen LogP contribution in [0.25, 0.3) is 0 Å². The van der Waals surface area contributed by atoms with E-state index in [2.05, 4.69) is 26.2 Å². The summed E-state index contributed by atoms with van der Waals surface area (Å²) in [4.78, 5) is 26.0. The molecule has 1 atom stereocenters. The van der Waals surface area contributed by atoms with Gasteiger partial charge in [0.15, 0.2) is 0 Å². The van der Waals surface area contributed by atoms with E-state index in [9.17, 15) is 23.1 Å². The third kappa shape index (κ3) is 9.24. The third-order valence-corrected chi connectivity index (χ3v) is 5.58. The minimum absolute atomic E-state index is 0.164. The van der Waals surface area contributed by atoms with Crippen LogP contribution in [0.1, 0.15) is 22.0 Å². The Morgan fingerprint density at radius 2 is 1.55 bits per heavy atom. The van der Waals surface area contributed by atoms with Gasteiger partial charge in [-0.1, -0.05) is 28.1 Å². The number of aliphatic hydroxyl groups is 1. The largest absolute Gasteiger partial charge is 0.490 e. The lowest BCUT2D eigenvalue weighted by Crippen LogP contribution is -2.21. The highest BCUT2D eigenvalue weighted by Crippen LogP contribution is 2.26. The number of carbonyl (C=O) groups excluding carboxylic acids is 1. The molecule has 6 nitrogen and oxygen atoms in total. The van der Waals surface area contributed by atoms with E-state index in [0.717, 1.165) is 14.9 Å². The molecule has 0 saturated carbocycles. The number of amides is 1. The minimum Gasteiger partial charge on any atom is -0.475 e. The molecular formula is C22H18BrF3N2O4S. The van der Waals surface area contributed by atoms with Crippen LogP contribution in [0.15, 0.2) is 82.4 Å². The summed E-state index contributed by atoms with van der Waals surface area (Å²) in [5.41, 5.74) is 2.18. The smallest absolute Gasteiger partial charge is 0.475 e. The Kier molecular flexibility index (Phi) is 9.89. The second-order valence-corrected chi connectivity index (χ2v) is 8.40. The van der Waals surface area contributed by atoms with E-state index in [0.29, 0.717) is 17.0 Å². The predicted molar refractivity (Wildman–Crippen MR) is 122 cm³/mol. The number of aliphatic carboxylic acids is 1. The average molecular weight is 543 g/mol. The number of halogens is 4. The highest BCUT2D eigenvalue weighted by atomic mass is 79.9. The van der Waals surface area contributed by atoms with Crippen molar-refractivity contribution >= 4 is 45.3 Å². The number of nitrogens with one attached hydrogen (secondary N) is 1. The molecule has 3 rings (SSSR count). The summed E-state index contributed by atoms with van der Waals surface area (Å²) in [6, 6.07) is 18.5. The SMILES string of the molecule is O=C(Nc1ccncc1)c1ccc(SCC(O)c2ccc(Br)cc2)cc1.O=C(O)C(F)(F)F. The molecular weight excluding hydrogens is 525 g/mol. The number of rotatable bonds is 6. The number of hydrogen-bond acceptors (Lipinski definition) is 5. The number of aliphatic hydroxyl groups excluding tert-OH is 1. The Morgan fingerprint density at radius 3 is 2.06 bits per heavy atom. The Hall–Kier alpha value is -2.89. The Balaban J connectivity index is 0.000000479. The molecule has 3 aromatic rings. The summed E-state index contributed by atoms with van der Waals surface area (Å²) < 4.78 is 32.7. The van der Waals surface area contributed by atoms with Crippen LogP contribution in [-0.2, 0) is 4.79 Å². The monoisotopic (exact) mass is 542 g/mol. The molecule has 0 radical (unpaired) electrons. The Labute approximate surface area is 200 Å². The average Bonchev–Trinajstić information content (AvgIpc) is 2.78. The van der Waals surface area contributed by atoms with Crippen molar-refractivity contribution in [1.82, 2.24) is 4.98 Å². The first kappa shape index (κ1) is 26.4. The number of carbonyl (C=O) groups is 2. The maximum absolute atomic E-state index is 12.2. The van der Waals surface area contributed by atoms with Gasteiger partial charge in [-0.25, -0.2) is 4.79 Å². The van der Waals surface area contributed by atoms with Gasteiger partial charge < -0.3 is 15.5 Å². The number of carboxylic acids is 1. The molecule has 1 amide bonds. The van der Waals surface area contributed by atoms with E-state index in [1.807, 2.05) is 36.4 Å². The third-order valence-electron chi connectivity index (χ3n) is 3.96. The molecule has 11 heteroatoms. The molecule has 3 N–H and O–H groups in total. The van der Waals surface area contributed by atoms with Gasteiger partial charge in [-0.05, 0) is 54.1 Å². The van der Waals surface area contributed by atoms with E-state index >= 15 is 0 Å². The van der Waals surface area contributed by atoms with E-state index < -0.39 is 18.2 Å². The zero-order chi connectivity index (χ0) is 24.4. The fourth-order valence-corrected chi connectivity index (χ4v) is 3.43. The lowest BCUT2D eigenvalue weighted by molar-refractivity contribution is -0.192. The van der Waals surface area contributed by atoms with Gasteiger partial charge in [0.2, 0.25) is 0 Å². The van der Waals surface area contributed by atoms with Crippen LogP contribution >= 0.6 is 27.7 Å². The van der Waals surface area contributed by atoms with Crippen molar-refractivity contribution in [3.63, 3.8) is 0 Å². The van der Waals surface area contributed by atoms with Gasteiger partial charge in [-0.3, -0.25) is 9.78 Å². The maximum Gasteiger partial charge on any atom is 0.490 e. The summed E-state index contributed by atoms with van der Waals surface area (Å²) in [6.45, 7) is 0. The van der Waals surface area contributed by atoms with Crippen molar-refractivity contribution in [3.05, 3.63) is 88.7 Å². The number of carboxylic acid groups (broad SMARTS) is 1. The highest BCUT2D eigenvalue weighted by Gasteiger charge is 2.38. The number of benzene rings is 2. The lowest BCUT2D eigenvalue weighted by atomic mass is 10.1. The number of alkyl halides is 3. The fraction of sp³-hybridized carbons (Fsp3) is 0.136. The van der Waals surface area contributed by atoms with E-state index in [-0.39, 0.29) is 5.91 Å². The van der Waals surface area contributed by atoms with Gasteiger partial charge in [-0.15, -0.1) is 11.8 Å². The second-order valence-electron chi connectivity index (χ2n) is 6.40. The van der Waals surface area contributed by atoms with E-state index in [1.54, 1.807) is 48.4 Å². The van der Waals surface area contributed by atoms with Crippen molar-refractivity contribution < 1.29 is 33.0 Å². The van der Waals surface area contributed by atoms with Crippen LogP contribution in [0.3, 0.4) is 0 Å². The number of hydrogen-bond donors (Lipinski definition) is 3. The first-order valence-electron chi connectivity index (χ1n) is 9.24. The summed E-state index contributed by atoms with van der Waals surface area (Å²) in [7, 11) is 0. The highest BCUT2D eigenvalue weighted by molar-refractivity contribution is 9.10. The molecule has 33 heavy (non-hydrogen) atoms. The van der Waals surface area contributed by atoms with Crippen molar-refractivity contribution in [1.29, 1.82) is 0 Å². The van der Waals surface area contributed by atoms with Crippen LogP contribution in [0, 0.1) is 0 Å². The molecule has 0 spiro atoms. The van der Waals surface area contributed by atoms with Crippen LogP contribution in [0.2, 0.25) is 0 Å². The molecule has 0 saturated heterocycles. The standard InChI is InChI=1S/C20H17BrN2O2S.C2HF3O2/c21-16-5-1-14(2-6-16)19(24)13-26-18-7-3-15(4-8-18)20(25)23-17-9-11-22-12-10-17;3-2(4,5)1(6)7/h1-12,19,24H,13H2,(H,22,23,25);(H,6,7). The molecule has 1 aromatic heterocycles. The topological polar surface area (TPSA) is 99.5 Å². The van der Waals surface area contributed by atoms with Gasteiger partial charge in [0, 0.05) is 38.8 Å². The summed E-state index contributed by atoms with van der Waals surface area (Å²) in [6.07, 6.45) is -2.36. The molecule has 0 bridgehead atoms. The number of thioether (sulfide) groups is 1. The molecule has 174 valence electrons. The Morgan fingerprint density at radius 1 is 1.00 bits per heavy atom. The van der Waals surface area contributed by atoms with Crippen LogP contribution < -0.4 is 5.32 Å². The van der Waals surface area contributed by atoms with Gasteiger partial charge in [0.25, 0.3) is 5.91 Å². The quantitative estimate of drug-likeness (QED) is 0.353. The number of aromatic nitrogens is 1.